The molecule has 0 aliphatic rings. The van der Waals surface area contributed by atoms with Gasteiger partial charge in [-0.05, 0) is 40.2 Å². The highest BCUT2D eigenvalue weighted by molar-refractivity contribution is 9.10. The summed E-state index contributed by atoms with van der Waals surface area (Å²) in [5, 5.41) is 1.02. The Morgan fingerprint density at radius 3 is 2.70 bits per heavy atom. The number of nitrogens with one attached hydrogen (secondary N) is 1. The van der Waals surface area contributed by atoms with Crippen LogP contribution in [0, 0.1) is 0 Å². The van der Waals surface area contributed by atoms with Crippen LogP contribution < -0.4 is 11.0 Å². The maximum Gasteiger partial charge on any atom is 0.275 e. The Bertz CT molecular complexity index is 1180. The van der Waals surface area contributed by atoms with Crippen LogP contribution >= 0.6 is 38.9 Å². The van der Waals surface area contributed by atoms with Gasteiger partial charge < -0.3 is 4.98 Å². The lowest BCUT2D eigenvalue weighted by Crippen LogP contribution is -2.17. The summed E-state index contributed by atoms with van der Waals surface area (Å²) in [4.78, 5) is 33.0. The van der Waals surface area contributed by atoms with Crippen LogP contribution in [-0.2, 0) is 0 Å². The average molecular weight is 409 g/mol. The third kappa shape index (κ3) is 2.23. The van der Waals surface area contributed by atoms with Crippen LogP contribution in [0.1, 0.15) is 0 Å². The minimum atomic E-state index is -0.220. The van der Waals surface area contributed by atoms with Crippen molar-refractivity contribution >= 4 is 59.3 Å². The molecule has 0 spiro atoms. The second kappa shape index (κ2) is 5.30. The molecule has 0 unspecified atom stereocenters. The van der Waals surface area contributed by atoms with Crippen molar-refractivity contribution in [2.45, 2.75) is 0 Å². The lowest BCUT2D eigenvalue weighted by molar-refractivity contribution is 0.967. The van der Waals surface area contributed by atoms with Gasteiger partial charge in [-0.1, -0.05) is 11.6 Å². The lowest BCUT2D eigenvalue weighted by Gasteiger charge is -2.04. The highest BCUT2D eigenvalue weighted by Crippen LogP contribution is 2.27. The van der Waals surface area contributed by atoms with Crippen LogP contribution in [-0.4, -0.2) is 14.5 Å². The molecule has 0 saturated heterocycles. The fraction of sp³-hybridized carbons (Fsp3) is 0. The van der Waals surface area contributed by atoms with E-state index in [9.17, 15) is 9.59 Å². The molecule has 114 valence electrons. The molecule has 8 heteroatoms. The zero-order chi connectivity index (χ0) is 16.1. The average Bonchev–Trinajstić information content (AvgIpc) is 2.93. The highest BCUT2D eigenvalue weighted by atomic mass is 79.9. The Hall–Kier alpha value is -1.96. The molecule has 1 aromatic carbocycles. The summed E-state index contributed by atoms with van der Waals surface area (Å²) in [5.74, 6) is 0. The summed E-state index contributed by atoms with van der Waals surface area (Å²) >= 11 is 10.3. The van der Waals surface area contributed by atoms with Gasteiger partial charge >= 0.3 is 0 Å². The van der Waals surface area contributed by atoms with Gasteiger partial charge in [-0.2, -0.15) is 0 Å². The van der Waals surface area contributed by atoms with Crippen LogP contribution in [0.4, 0.5) is 0 Å². The quantitative estimate of drug-likeness (QED) is 0.522. The van der Waals surface area contributed by atoms with E-state index in [1.54, 1.807) is 30.5 Å². The molecule has 0 fully saturated rings. The molecular weight excluding hydrogens is 402 g/mol. The highest BCUT2D eigenvalue weighted by Gasteiger charge is 2.16. The predicted molar refractivity (Wildman–Crippen MR) is 96.1 cm³/mol. The van der Waals surface area contributed by atoms with Crippen molar-refractivity contribution in [1.29, 1.82) is 0 Å². The van der Waals surface area contributed by atoms with Gasteiger partial charge in [0.25, 0.3) is 5.56 Å². The third-order valence-electron chi connectivity index (χ3n) is 3.48. The summed E-state index contributed by atoms with van der Waals surface area (Å²) in [7, 11) is 0. The Kier molecular flexibility index (Phi) is 3.37. The third-order valence-corrected chi connectivity index (χ3v) is 5.42. The summed E-state index contributed by atoms with van der Waals surface area (Å²) in [6.45, 7) is 0. The minimum absolute atomic E-state index is 0.179. The Labute approximate surface area is 146 Å². The molecule has 0 amide bonds. The zero-order valence-electron chi connectivity index (χ0n) is 11.3. The molecular formula is C15H7BrClN3O2S. The number of rotatable bonds is 1. The van der Waals surface area contributed by atoms with E-state index in [1.165, 1.54) is 22.2 Å². The minimum Gasteiger partial charge on any atom is -0.352 e. The van der Waals surface area contributed by atoms with Crippen LogP contribution in [0.15, 0.2) is 50.9 Å². The summed E-state index contributed by atoms with van der Waals surface area (Å²) in [5.41, 5.74) is 0.685. The van der Waals surface area contributed by atoms with Gasteiger partial charge in [0.1, 0.15) is 21.4 Å². The van der Waals surface area contributed by atoms with Crippen molar-refractivity contribution in [1.82, 2.24) is 14.5 Å². The van der Waals surface area contributed by atoms with E-state index < -0.39 is 0 Å². The number of hydrogen-bond donors (Lipinski definition) is 1. The lowest BCUT2D eigenvalue weighted by atomic mass is 10.3. The van der Waals surface area contributed by atoms with Crippen molar-refractivity contribution in [2.75, 3.05) is 0 Å². The SMILES string of the molecule is O=c1c(Br)c[nH]c2sc3c(=O)n(-c4ccc(Cl)cc4)cnc3c12. The molecule has 0 saturated carbocycles. The number of H-pyrrole nitrogens is 1. The van der Waals surface area contributed by atoms with Crippen molar-refractivity contribution in [3.63, 3.8) is 0 Å². The molecule has 5 nitrogen and oxygen atoms in total. The molecule has 0 aliphatic heterocycles. The zero-order valence-corrected chi connectivity index (χ0v) is 14.5. The monoisotopic (exact) mass is 407 g/mol. The van der Waals surface area contributed by atoms with E-state index in [2.05, 4.69) is 25.9 Å². The van der Waals surface area contributed by atoms with E-state index in [4.69, 9.17) is 11.6 Å². The number of thiophene rings is 1. The number of hydrogen-bond acceptors (Lipinski definition) is 4. The molecule has 4 aromatic rings. The summed E-state index contributed by atoms with van der Waals surface area (Å²) in [6.07, 6.45) is 3.00. The van der Waals surface area contributed by atoms with Crippen LogP contribution in [0.2, 0.25) is 5.02 Å². The molecule has 3 aromatic heterocycles. The first kappa shape index (κ1) is 14.6. The van der Waals surface area contributed by atoms with Crippen molar-refractivity contribution < 1.29 is 0 Å². The smallest absolute Gasteiger partial charge is 0.275 e. The maximum atomic E-state index is 12.8. The van der Waals surface area contributed by atoms with Crippen LogP contribution in [0.3, 0.4) is 0 Å². The standard InChI is InChI=1S/C15H7BrClN3O2S/c16-9-5-18-14-10(12(9)21)11-13(23-14)15(22)20(6-19-11)8-3-1-7(17)2-4-8/h1-6H,(H,18,21). The molecule has 0 aliphatic carbocycles. The van der Waals surface area contributed by atoms with E-state index >= 15 is 0 Å². The first-order chi connectivity index (χ1) is 11.1. The Morgan fingerprint density at radius 2 is 1.96 bits per heavy atom. The Balaban J connectivity index is 2.08. The van der Waals surface area contributed by atoms with Crippen molar-refractivity contribution in [3.8, 4) is 5.69 Å². The molecule has 0 atom stereocenters. The first-order valence-electron chi connectivity index (χ1n) is 6.53. The fourth-order valence-electron chi connectivity index (χ4n) is 2.38. The number of pyridine rings is 1. The van der Waals surface area contributed by atoms with E-state index in [-0.39, 0.29) is 11.0 Å². The maximum absolute atomic E-state index is 12.8. The van der Waals surface area contributed by atoms with Crippen molar-refractivity contribution in [3.05, 3.63) is 66.9 Å². The number of aromatic amines is 1. The van der Waals surface area contributed by atoms with Crippen LogP contribution in [0.5, 0.6) is 0 Å². The van der Waals surface area contributed by atoms with Gasteiger partial charge in [0, 0.05) is 11.2 Å². The molecule has 0 bridgehead atoms. The van der Waals surface area contributed by atoms with Gasteiger partial charge in [-0.3, -0.25) is 14.2 Å². The number of fused-ring (bicyclic) bond motifs is 3. The Morgan fingerprint density at radius 1 is 1.22 bits per heavy atom. The van der Waals surface area contributed by atoms with E-state index in [1.807, 2.05) is 0 Å². The summed E-state index contributed by atoms with van der Waals surface area (Å²) in [6, 6.07) is 6.90. The van der Waals surface area contributed by atoms with Gasteiger partial charge in [0.2, 0.25) is 5.43 Å². The van der Waals surface area contributed by atoms with Gasteiger partial charge in [-0.15, -0.1) is 11.3 Å². The fourth-order valence-corrected chi connectivity index (χ4v) is 3.87. The topological polar surface area (TPSA) is 67.8 Å². The van der Waals surface area contributed by atoms with E-state index in [0.717, 1.165) is 0 Å². The van der Waals surface area contributed by atoms with Crippen molar-refractivity contribution in [2.24, 2.45) is 0 Å². The second-order valence-electron chi connectivity index (χ2n) is 4.85. The second-order valence-corrected chi connectivity index (χ2v) is 7.16. The summed E-state index contributed by atoms with van der Waals surface area (Å²) < 4.78 is 2.28. The normalized spacial score (nSPS) is 11.4. The molecule has 3 heterocycles. The number of aromatic nitrogens is 3. The number of nitrogens with zero attached hydrogens (tertiary/aromatic N) is 2. The van der Waals surface area contributed by atoms with Gasteiger partial charge in [-0.25, -0.2) is 4.98 Å². The van der Waals surface area contributed by atoms with E-state index in [0.29, 0.717) is 35.6 Å². The molecule has 0 radical (unpaired) electrons. The van der Waals surface area contributed by atoms with Crippen LogP contribution in [0.25, 0.3) is 26.1 Å². The molecule has 23 heavy (non-hydrogen) atoms. The van der Waals surface area contributed by atoms with Gasteiger partial charge in [0.05, 0.1) is 15.5 Å². The largest absolute Gasteiger partial charge is 0.352 e. The number of halogens is 2. The van der Waals surface area contributed by atoms with Gasteiger partial charge in [0.15, 0.2) is 0 Å². The predicted octanol–water partition coefficient (Wildman–Crippen LogP) is 3.70. The molecule has 1 N–H and O–H groups in total. The first-order valence-corrected chi connectivity index (χ1v) is 8.52. The molecule has 4 rings (SSSR count). The number of benzene rings is 1.